The van der Waals surface area contributed by atoms with Crippen LogP contribution in [0.2, 0.25) is 0 Å². The molecule has 0 aliphatic carbocycles. The molecule has 68 heavy (non-hydrogen) atoms. The van der Waals surface area contributed by atoms with Crippen molar-refractivity contribution in [2.45, 2.75) is 106 Å². The number of nitrogens with zero attached hydrogens (tertiary/aromatic N) is 6. The van der Waals surface area contributed by atoms with Crippen molar-refractivity contribution in [3.05, 3.63) is 141 Å². The van der Waals surface area contributed by atoms with Gasteiger partial charge in [-0.25, -0.2) is 25.0 Å². The highest BCUT2D eigenvalue weighted by atomic mass is 32.1. The maximum Gasteiger partial charge on any atom is 0.299 e. The van der Waals surface area contributed by atoms with E-state index in [1.165, 1.54) is 48.6 Å². The molecule has 1 saturated heterocycles. The zero-order valence-corrected chi connectivity index (χ0v) is 42.4. The summed E-state index contributed by atoms with van der Waals surface area (Å²) in [6.07, 6.45) is 3.06. The fourth-order valence-electron chi connectivity index (χ4n) is 7.08. The van der Waals surface area contributed by atoms with Crippen molar-refractivity contribution in [1.29, 1.82) is 0 Å². The minimum Gasteiger partial charge on any atom is -0.359 e. The Morgan fingerprint density at radius 2 is 1.21 bits per heavy atom. The molecule has 0 unspecified atom stereocenters. The molecule has 0 aromatic heterocycles. The second-order valence-corrected chi connectivity index (χ2v) is 19.0. The van der Waals surface area contributed by atoms with Gasteiger partial charge in [0.1, 0.15) is 22.9 Å². The first-order valence-electron chi connectivity index (χ1n) is 21.7. The average molecular weight is 960 g/mol. The van der Waals surface area contributed by atoms with Gasteiger partial charge in [0.05, 0.1) is 24.0 Å². The van der Waals surface area contributed by atoms with Gasteiger partial charge in [0, 0.05) is 50.1 Å². The molecule has 0 spiro atoms. The van der Waals surface area contributed by atoms with Crippen LogP contribution in [0.3, 0.4) is 0 Å². The molecule has 12 nitrogen and oxygen atoms in total. The van der Waals surface area contributed by atoms with Gasteiger partial charge in [-0.2, -0.15) is 4.99 Å². The Hall–Kier alpha value is -6.89. The molecule has 16 heteroatoms. The Balaban J connectivity index is 0.000000305. The van der Waals surface area contributed by atoms with Crippen LogP contribution in [0.15, 0.2) is 77.8 Å². The van der Waals surface area contributed by atoms with E-state index < -0.39 is 28.3 Å². The number of carbonyl (C=O) groups excluding carboxylic acids is 3. The van der Waals surface area contributed by atoms with Crippen LogP contribution in [0.1, 0.15) is 90.5 Å². The Bertz CT molecular complexity index is 2710. The molecule has 4 aromatic rings. The first-order valence-corrected chi connectivity index (χ1v) is 22.5. The second kappa shape index (κ2) is 23.2. The van der Waals surface area contributed by atoms with Gasteiger partial charge in [0.15, 0.2) is 16.5 Å². The van der Waals surface area contributed by atoms with E-state index in [2.05, 4.69) is 52.9 Å². The Morgan fingerprint density at radius 1 is 0.750 bits per heavy atom. The molecule has 1 aliphatic rings. The van der Waals surface area contributed by atoms with E-state index in [0.717, 1.165) is 36.2 Å². The molecule has 0 saturated carbocycles. The van der Waals surface area contributed by atoms with E-state index in [4.69, 9.17) is 31.9 Å². The van der Waals surface area contributed by atoms with Gasteiger partial charge in [-0.15, -0.1) is 0 Å². The first kappa shape index (κ1) is 55.4. The van der Waals surface area contributed by atoms with Gasteiger partial charge < -0.3 is 20.9 Å². The van der Waals surface area contributed by atoms with E-state index >= 15 is 4.39 Å². The van der Waals surface area contributed by atoms with Crippen LogP contribution in [0.5, 0.6) is 0 Å². The minimum atomic E-state index is -1.03. The SMILES string of the molecule is [C-]#[N+]C(C)(C)Nc1ccc(CCC(C)(C)C(=O)NC)cc1.[C-]#[N+]c1ccc(N2C(=O)C(C)(C)N(c3ccc(CCC(C)(C)C(=O)NC)cc3)C2=S)c(F)c1C.[C-]#[N+]c1ccc(N=C=S)c(F)c1C. The number of halogens is 2. The number of rotatable bonds is 13. The Labute approximate surface area is 410 Å². The highest BCUT2D eigenvalue weighted by molar-refractivity contribution is 7.81. The smallest absolute Gasteiger partial charge is 0.299 e. The lowest BCUT2D eigenvalue weighted by molar-refractivity contribution is -0.129. The quantitative estimate of drug-likeness (QED) is 0.0694. The normalized spacial score (nSPS) is 13.0. The number of aryl methyl sites for hydroxylation is 2. The average Bonchev–Trinajstić information content (AvgIpc) is 3.49. The van der Waals surface area contributed by atoms with Crippen molar-refractivity contribution in [1.82, 2.24) is 10.6 Å². The van der Waals surface area contributed by atoms with Crippen LogP contribution in [0.25, 0.3) is 14.5 Å². The molecule has 0 radical (unpaired) electrons. The third-order valence-electron chi connectivity index (χ3n) is 11.6. The number of nitrogens with one attached hydrogen (secondary N) is 3. The lowest BCUT2D eigenvalue weighted by atomic mass is 9.85. The number of hydrogen-bond acceptors (Lipinski definition) is 7. The zero-order chi connectivity index (χ0) is 51.4. The summed E-state index contributed by atoms with van der Waals surface area (Å²) in [5.74, 6) is -1.41. The largest absolute Gasteiger partial charge is 0.359 e. The molecular weight excluding hydrogens is 901 g/mol. The molecule has 5 rings (SSSR count). The number of hydrogen-bond donors (Lipinski definition) is 3. The monoisotopic (exact) mass is 959 g/mol. The molecule has 1 heterocycles. The van der Waals surface area contributed by atoms with E-state index in [1.54, 1.807) is 32.8 Å². The molecule has 356 valence electrons. The van der Waals surface area contributed by atoms with Crippen LogP contribution in [0, 0.1) is 56.0 Å². The summed E-state index contributed by atoms with van der Waals surface area (Å²) in [7, 11) is 3.31. The van der Waals surface area contributed by atoms with Crippen molar-refractivity contribution in [2.24, 2.45) is 15.8 Å². The predicted octanol–water partition coefficient (Wildman–Crippen LogP) is 12.2. The van der Waals surface area contributed by atoms with Crippen LogP contribution < -0.4 is 25.8 Å². The molecular formula is C52H59F2N9O3S2. The Kier molecular flexibility index (Phi) is 18.9. The van der Waals surface area contributed by atoms with Gasteiger partial charge >= 0.3 is 0 Å². The highest BCUT2D eigenvalue weighted by Crippen LogP contribution is 2.39. The summed E-state index contributed by atoms with van der Waals surface area (Å²) >= 11 is 10.0. The zero-order valence-electron chi connectivity index (χ0n) is 40.7. The number of thiocarbonyl (C=S) groups is 2. The summed E-state index contributed by atoms with van der Waals surface area (Å²) < 4.78 is 28.4. The van der Waals surface area contributed by atoms with Crippen molar-refractivity contribution in [2.75, 3.05) is 29.2 Å². The van der Waals surface area contributed by atoms with E-state index in [9.17, 15) is 18.8 Å². The van der Waals surface area contributed by atoms with E-state index in [1.807, 2.05) is 90.1 Å². The lowest BCUT2D eigenvalue weighted by Gasteiger charge is -2.29. The first-order chi connectivity index (χ1) is 31.8. The third kappa shape index (κ3) is 13.4. The molecule has 3 amide bonds. The maximum atomic E-state index is 15.1. The standard InChI is InChI=1S/C26H29FN4O2S.C17H25N3O.C9H5FN2S/c1-16-19(28-6)12-13-20(21(16)27)30-23(33)26(4,5)31(24(30)34)18-10-8-17(9-11-18)14-15-25(2,3)22(32)29-7;1-16(2,15(21)18-5)12-11-13-7-9-14(10-8-13)20-17(3,4)19-6;1-6-7(11-2)3-4-8(9(6)10)12-5-13/h8-13H,14-15H2,1-5,7H3,(H,29,32);7-10,20H,11-12H2,1-5H3,(H,18,21);3-4H,1H3. The lowest BCUT2D eigenvalue weighted by Crippen LogP contribution is -2.44. The number of aliphatic imine (C=N–C) groups is 1. The summed E-state index contributed by atoms with van der Waals surface area (Å²) in [6, 6.07) is 21.6. The van der Waals surface area contributed by atoms with Gasteiger partial charge in [-0.1, -0.05) is 64.1 Å². The topological polar surface area (TPSA) is 119 Å². The maximum absolute atomic E-state index is 15.1. The number of anilines is 3. The number of benzene rings is 4. The van der Waals surface area contributed by atoms with Crippen LogP contribution in [0.4, 0.5) is 42.9 Å². The van der Waals surface area contributed by atoms with Crippen LogP contribution in [-0.4, -0.2) is 53.3 Å². The third-order valence-corrected chi connectivity index (χ3v) is 12.1. The molecule has 4 aromatic carbocycles. The Morgan fingerprint density at radius 3 is 1.65 bits per heavy atom. The minimum absolute atomic E-state index is 0.00112. The van der Waals surface area contributed by atoms with Crippen molar-refractivity contribution in [3.8, 4) is 0 Å². The molecule has 3 N–H and O–H groups in total. The molecule has 0 bridgehead atoms. The number of carbonyl (C=O) groups is 3. The fourth-order valence-corrected chi connectivity index (χ4v) is 7.69. The molecule has 1 aliphatic heterocycles. The van der Waals surface area contributed by atoms with E-state index in [0.29, 0.717) is 17.7 Å². The second-order valence-electron chi connectivity index (χ2n) is 18.4. The van der Waals surface area contributed by atoms with Crippen molar-refractivity contribution in [3.63, 3.8) is 0 Å². The van der Waals surface area contributed by atoms with Gasteiger partial charge in [0.25, 0.3) is 11.6 Å². The van der Waals surface area contributed by atoms with Crippen molar-refractivity contribution >= 4 is 86.6 Å². The summed E-state index contributed by atoms with van der Waals surface area (Å²) in [6.45, 7) is 39.0. The van der Waals surface area contributed by atoms with Crippen LogP contribution in [-0.2, 0) is 27.2 Å². The highest BCUT2D eigenvalue weighted by Gasteiger charge is 2.51. The van der Waals surface area contributed by atoms with Crippen molar-refractivity contribution < 1.29 is 23.2 Å². The molecule has 0 atom stereocenters. The fraction of sp³-hybridized carbons (Fsp3) is 0.385. The van der Waals surface area contributed by atoms with E-state index in [-0.39, 0.29) is 50.9 Å². The molecule has 1 fully saturated rings. The summed E-state index contributed by atoms with van der Waals surface area (Å²) in [5, 5.41) is 10.8. The van der Waals surface area contributed by atoms with Crippen LogP contribution >= 0.6 is 24.4 Å². The van der Waals surface area contributed by atoms with Gasteiger partial charge in [0.2, 0.25) is 11.8 Å². The number of amides is 3. The number of isothiocyanates is 1. The summed E-state index contributed by atoms with van der Waals surface area (Å²) in [4.78, 5) is 53.6. The van der Waals surface area contributed by atoms with Gasteiger partial charge in [-0.05, 0) is 136 Å². The summed E-state index contributed by atoms with van der Waals surface area (Å²) in [5.41, 5.74) is 2.57. The van der Waals surface area contributed by atoms with Gasteiger partial charge in [-0.3, -0.25) is 24.1 Å². The predicted molar refractivity (Wildman–Crippen MR) is 276 cm³/mol.